The van der Waals surface area contributed by atoms with Crippen LogP contribution in [0.1, 0.15) is 38.8 Å². The molecule has 1 fully saturated rings. The van der Waals surface area contributed by atoms with Gasteiger partial charge >= 0.3 is 0 Å². The summed E-state index contributed by atoms with van der Waals surface area (Å²) < 4.78 is 36.8. The average Bonchev–Trinajstić information content (AvgIpc) is 3.31. The van der Waals surface area contributed by atoms with Crippen molar-refractivity contribution in [2.24, 2.45) is 9.39 Å². The van der Waals surface area contributed by atoms with E-state index in [0.29, 0.717) is 18.9 Å². The first-order chi connectivity index (χ1) is 17.6. The van der Waals surface area contributed by atoms with Gasteiger partial charge in [-0.25, -0.2) is 4.21 Å². The second-order valence-electron chi connectivity index (χ2n) is 10.5. The molecule has 9 heteroatoms. The van der Waals surface area contributed by atoms with Gasteiger partial charge in [0, 0.05) is 14.1 Å². The monoisotopic (exact) mass is 543 g/mol. The molecule has 2 aromatic carbocycles. The Kier molecular flexibility index (Phi) is 9.24. The quantitative estimate of drug-likeness (QED) is 0.444. The van der Waals surface area contributed by atoms with Crippen molar-refractivity contribution in [1.82, 2.24) is 4.90 Å². The summed E-state index contributed by atoms with van der Waals surface area (Å²) >= 11 is 1.58. The minimum atomic E-state index is -1.42. The Morgan fingerprint density at radius 2 is 1.54 bits per heavy atom. The van der Waals surface area contributed by atoms with Gasteiger partial charge in [0.15, 0.2) is 5.17 Å². The lowest BCUT2D eigenvalue weighted by Crippen LogP contribution is -2.58. The smallest absolute Gasteiger partial charge is 0.161 e. The third-order valence-corrected chi connectivity index (χ3v) is 8.92. The van der Waals surface area contributed by atoms with E-state index in [1.54, 1.807) is 11.8 Å². The molecular formula is C28H37N3O4S2. The van der Waals surface area contributed by atoms with E-state index in [2.05, 4.69) is 4.40 Å². The molecule has 0 aliphatic carbocycles. The van der Waals surface area contributed by atoms with E-state index >= 15 is 0 Å². The van der Waals surface area contributed by atoms with Gasteiger partial charge in [0.1, 0.15) is 40.8 Å². The van der Waals surface area contributed by atoms with Gasteiger partial charge in [-0.05, 0) is 38.8 Å². The molecule has 6 atom stereocenters. The minimum absolute atomic E-state index is 0.246. The molecule has 0 N–H and O–H groups in total. The molecule has 4 rings (SSSR count). The summed E-state index contributed by atoms with van der Waals surface area (Å²) in [5, 5.41) is 0.888. The van der Waals surface area contributed by atoms with Gasteiger partial charge in [-0.15, -0.1) is 0 Å². The Morgan fingerprint density at radius 3 is 2.05 bits per heavy atom. The first-order valence-electron chi connectivity index (χ1n) is 12.5. The number of aliphatic imine (C=N–C) groups is 1. The van der Waals surface area contributed by atoms with Crippen LogP contribution in [0.25, 0.3) is 0 Å². The standard InChI is InChI=1S/C28H37N3O4S2/c1-19(30-37(32)28(2,3)4)23-25(34-18-21-15-11-8-12-16-21)24(33-17-20-13-9-7-10-14-20)22-26(35-23)36-27(29-22)31(5)6/h7-16,22-26H,17-18H2,1-6H3/b30-19+/t22-,23-,24-,25-,26-,37?/m1/s1. The van der Waals surface area contributed by atoms with Crippen molar-refractivity contribution in [3.05, 3.63) is 71.8 Å². The molecule has 0 saturated carbocycles. The van der Waals surface area contributed by atoms with Crippen LogP contribution in [0, 0.1) is 0 Å². The highest BCUT2D eigenvalue weighted by Gasteiger charge is 2.52. The zero-order valence-corrected chi connectivity index (χ0v) is 24.0. The Hall–Kier alpha value is -2.04. The van der Waals surface area contributed by atoms with E-state index in [-0.39, 0.29) is 17.6 Å². The number of amidine groups is 1. The molecule has 2 aliphatic heterocycles. The second kappa shape index (κ2) is 12.2. The molecular weight excluding hydrogens is 506 g/mol. The molecule has 0 aromatic heterocycles. The third-order valence-electron chi connectivity index (χ3n) is 6.12. The lowest BCUT2D eigenvalue weighted by molar-refractivity contribution is -0.179. The Balaban J connectivity index is 1.68. The number of hydrogen-bond donors (Lipinski definition) is 0. The van der Waals surface area contributed by atoms with Gasteiger partial charge in [0.2, 0.25) is 0 Å². The summed E-state index contributed by atoms with van der Waals surface area (Å²) in [5.41, 5.74) is 2.51. The van der Waals surface area contributed by atoms with Gasteiger partial charge in [-0.2, -0.15) is 4.40 Å². The van der Waals surface area contributed by atoms with E-state index in [9.17, 15) is 4.21 Å². The van der Waals surface area contributed by atoms with Crippen LogP contribution in [0.5, 0.6) is 0 Å². The predicted octanol–water partition coefficient (Wildman–Crippen LogP) is 4.84. The van der Waals surface area contributed by atoms with Crippen LogP contribution in [0.3, 0.4) is 0 Å². The van der Waals surface area contributed by atoms with Crippen LogP contribution in [0.4, 0.5) is 0 Å². The Bertz CT molecular complexity index is 1120. The van der Waals surface area contributed by atoms with Crippen molar-refractivity contribution in [3.63, 3.8) is 0 Å². The zero-order valence-electron chi connectivity index (χ0n) is 22.4. The summed E-state index contributed by atoms with van der Waals surface area (Å²) in [6, 6.07) is 19.9. The summed E-state index contributed by atoms with van der Waals surface area (Å²) in [6.45, 7) is 8.43. The van der Waals surface area contributed by atoms with Crippen molar-refractivity contribution in [1.29, 1.82) is 0 Å². The largest absolute Gasteiger partial charge is 0.368 e. The highest BCUT2D eigenvalue weighted by Crippen LogP contribution is 2.40. The topological polar surface area (TPSA) is 72.7 Å². The first kappa shape index (κ1) is 28.0. The third kappa shape index (κ3) is 7.09. The van der Waals surface area contributed by atoms with Crippen LogP contribution in [0.15, 0.2) is 70.1 Å². The molecule has 200 valence electrons. The summed E-state index contributed by atoms with van der Waals surface area (Å²) in [5.74, 6) is 0. The second-order valence-corrected chi connectivity index (χ2v) is 13.4. The Morgan fingerprint density at radius 1 is 1.00 bits per heavy atom. The fourth-order valence-corrected chi connectivity index (χ4v) is 5.87. The lowest BCUT2D eigenvalue weighted by Gasteiger charge is -2.42. The van der Waals surface area contributed by atoms with Crippen LogP contribution < -0.4 is 0 Å². The maximum atomic E-state index is 12.9. The minimum Gasteiger partial charge on any atom is -0.368 e. The van der Waals surface area contributed by atoms with Gasteiger partial charge < -0.3 is 19.1 Å². The number of rotatable bonds is 8. The molecule has 1 saturated heterocycles. The maximum Gasteiger partial charge on any atom is 0.161 e. The normalized spacial score (nSPS) is 26.9. The number of ether oxygens (including phenoxy) is 3. The molecule has 7 nitrogen and oxygen atoms in total. The fraction of sp³-hybridized carbons (Fsp3) is 0.500. The molecule has 0 amide bonds. The van der Waals surface area contributed by atoms with Crippen molar-refractivity contribution < 1.29 is 18.4 Å². The van der Waals surface area contributed by atoms with Crippen molar-refractivity contribution in [2.75, 3.05) is 14.1 Å². The van der Waals surface area contributed by atoms with Crippen molar-refractivity contribution >= 4 is 33.6 Å². The Labute approximate surface area is 227 Å². The summed E-state index contributed by atoms with van der Waals surface area (Å²) in [7, 11) is 2.53. The number of benzene rings is 2. The zero-order chi connectivity index (χ0) is 26.6. The molecule has 2 aliphatic rings. The van der Waals surface area contributed by atoms with Gasteiger partial charge in [-0.1, -0.05) is 72.4 Å². The molecule has 0 radical (unpaired) electrons. The maximum absolute atomic E-state index is 12.9. The highest BCUT2D eigenvalue weighted by atomic mass is 32.2. The molecule has 37 heavy (non-hydrogen) atoms. The van der Waals surface area contributed by atoms with Gasteiger partial charge in [0.25, 0.3) is 0 Å². The van der Waals surface area contributed by atoms with Crippen molar-refractivity contribution in [3.8, 4) is 0 Å². The fourth-order valence-electron chi connectivity index (χ4n) is 4.10. The SMILES string of the molecule is C/C(=N\S(=O)C(C)(C)C)[C@H]1O[C@@H]2SC(N(C)C)=N[C@@H]2[C@@H](OCc2ccccc2)[C@@H]1OCc1ccccc1. The van der Waals surface area contributed by atoms with Gasteiger partial charge in [-0.3, -0.25) is 4.99 Å². The summed E-state index contributed by atoms with van der Waals surface area (Å²) in [4.78, 5) is 6.97. The van der Waals surface area contributed by atoms with Crippen LogP contribution in [-0.4, -0.2) is 68.6 Å². The van der Waals surface area contributed by atoms with E-state index < -0.39 is 27.9 Å². The highest BCUT2D eigenvalue weighted by molar-refractivity contribution is 8.14. The van der Waals surface area contributed by atoms with Crippen molar-refractivity contribution in [2.45, 2.75) is 75.4 Å². The lowest BCUT2D eigenvalue weighted by atomic mass is 9.95. The predicted molar refractivity (Wildman–Crippen MR) is 152 cm³/mol. The molecule has 1 unspecified atom stereocenters. The number of fused-ring (bicyclic) bond motifs is 1. The number of hydrogen-bond acceptors (Lipinski definition) is 7. The van der Waals surface area contributed by atoms with Gasteiger partial charge in [0.05, 0.1) is 23.7 Å². The van der Waals surface area contributed by atoms with E-state index in [1.807, 2.05) is 107 Å². The summed E-state index contributed by atoms with van der Waals surface area (Å²) in [6.07, 6.45) is -1.40. The van der Waals surface area contributed by atoms with Crippen LogP contribution in [-0.2, 0) is 38.4 Å². The number of thioether (sulfide) groups is 1. The van der Waals surface area contributed by atoms with E-state index in [1.165, 1.54) is 0 Å². The molecule has 0 bridgehead atoms. The van der Waals surface area contributed by atoms with E-state index in [4.69, 9.17) is 19.2 Å². The van der Waals surface area contributed by atoms with E-state index in [0.717, 1.165) is 16.3 Å². The molecule has 2 aromatic rings. The van der Waals surface area contributed by atoms with Crippen LogP contribution in [0.2, 0.25) is 0 Å². The first-order valence-corrected chi connectivity index (χ1v) is 14.5. The van der Waals surface area contributed by atoms with Crippen LogP contribution >= 0.6 is 11.8 Å². The molecule has 2 heterocycles. The molecule has 0 spiro atoms. The average molecular weight is 544 g/mol. The number of nitrogens with zero attached hydrogens (tertiary/aromatic N) is 3.